The van der Waals surface area contributed by atoms with E-state index in [1.807, 2.05) is 0 Å². The first kappa shape index (κ1) is 18.8. The van der Waals surface area contributed by atoms with E-state index in [2.05, 4.69) is 65.8 Å². The average Bonchev–Trinajstić information content (AvgIpc) is 3.06. The molecule has 0 aliphatic heterocycles. The zero-order chi connectivity index (χ0) is 18.2. The summed E-state index contributed by atoms with van der Waals surface area (Å²) in [6.45, 7) is 5.50. The van der Waals surface area contributed by atoms with Crippen LogP contribution >= 0.6 is 0 Å². The highest BCUT2D eigenvalue weighted by atomic mass is 16.3. The van der Waals surface area contributed by atoms with Crippen LogP contribution in [0.1, 0.15) is 25.5 Å². The van der Waals surface area contributed by atoms with Crippen LogP contribution in [0, 0.1) is 0 Å². The topological polar surface area (TPSA) is 82.4 Å². The number of aromatic nitrogens is 2. The van der Waals surface area contributed by atoms with Crippen LogP contribution < -0.4 is 15.5 Å². The first-order valence-electron chi connectivity index (χ1n) is 8.51. The van der Waals surface area contributed by atoms with Gasteiger partial charge in [-0.15, -0.1) is 0 Å². The van der Waals surface area contributed by atoms with Crippen LogP contribution in [0.3, 0.4) is 0 Å². The predicted octanol–water partition coefficient (Wildman–Crippen LogP) is 1.62. The number of hydrogen-bond donors (Lipinski definition) is 3. The molecule has 3 N–H and O–H groups in total. The van der Waals surface area contributed by atoms with Crippen molar-refractivity contribution in [3.63, 3.8) is 0 Å². The van der Waals surface area contributed by atoms with Crippen molar-refractivity contribution < 1.29 is 9.90 Å². The average molecular weight is 345 g/mol. The normalized spacial score (nSPS) is 11.8. The van der Waals surface area contributed by atoms with Gasteiger partial charge in [-0.2, -0.15) is 5.10 Å². The molecule has 7 nitrogen and oxygen atoms in total. The van der Waals surface area contributed by atoms with Crippen LogP contribution in [-0.4, -0.2) is 47.5 Å². The largest absolute Gasteiger partial charge is 0.395 e. The van der Waals surface area contributed by atoms with Crippen molar-refractivity contribution in [3.8, 4) is 0 Å². The molecule has 0 fully saturated rings. The summed E-state index contributed by atoms with van der Waals surface area (Å²) in [4.78, 5) is 13.8. The molecule has 0 aliphatic carbocycles. The number of nitrogens with zero attached hydrogens (tertiary/aromatic N) is 3. The van der Waals surface area contributed by atoms with Crippen LogP contribution in [0.5, 0.6) is 0 Å². The second kappa shape index (κ2) is 9.08. The van der Waals surface area contributed by atoms with Gasteiger partial charge in [0.1, 0.15) is 6.54 Å². The molecule has 7 heteroatoms. The SMILES string of the molecule is CCN(C)c1ccc(C(C)Nc2cnn(CC(=O)NCCO)c2)cc1. The van der Waals surface area contributed by atoms with Gasteiger partial charge in [-0.25, -0.2) is 0 Å². The number of hydrogen-bond acceptors (Lipinski definition) is 5. The summed E-state index contributed by atoms with van der Waals surface area (Å²) in [5, 5.41) is 18.9. The maximum absolute atomic E-state index is 11.6. The number of aliphatic hydroxyl groups excluding tert-OH is 1. The van der Waals surface area contributed by atoms with Crippen molar-refractivity contribution >= 4 is 17.3 Å². The quantitative estimate of drug-likeness (QED) is 0.643. The van der Waals surface area contributed by atoms with Crippen molar-refractivity contribution in [2.75, 3.05) is 37.0 Å². The van der Waals surface area contributed by atoms with Crippen molar-refractivity contribution in [1.82, 2.24) is 15.1 Å². The van der Waals surface area contributed by atoms with Crippen LogP contribution in [0.2, 0.25) is 0 Å². The first-order chi connectivity index (χ1) is 12.0. The van der Waals surface area contributed by atoms with Gasteiger partial charge in [0, 0.05) is 38.1 Å². The Hall–Kier alpha value is -2.54. The minimum Gasteiger partial charge on any atom is -0.395 e. The highest BCUT2D eigenvalue weighted by Gasteiger charge is 2.09. The summed E-state index contributed by atoms with van der Waals surface area (Å²) in [5.74, 6) is -0.174. The van der Waals surface area contributed by atoms with Gasteiger partial charge in [-0.05, 0) is 31.5 Å². The number of carbonyl (C=O) groups excluding carboxylic acids is 1. The van der Waals surface area contributed by atoms with Crippen LogP contribution in [0.15, 0.2) is 36.7 Å². The smallest absolute Gasteiger partial charge is 0.241 e. The third-order valence-electron chi connectivity index (χ3n) is 4.06. The molecule has 2 aromatic rings. The Morgan fingerprint density at radius 3 is 2.72 bits per heavy atom. The van der Waals surface area contributed by atoms with Gasteiger partial charge in [0.25, 0.3) is 0 Å². The fourth-order valence-electron chi connectivity index (χ4n) is 2.46. The number of anilines is 2. The highest BCUT2D eigenvalue weighted by molar-refractivity contribution is 5.75. The van der Waals surface area contributed by atoms with E-state index in [9.17, 15) is 4.79 Å². The summed E-state index contributed by atoms with van der Waals surface area (Å²) in [5.41, 5.74) is 3.24. The molecule has 25 heavy (non-hydrogen) atoms. The molecule has 1 aromatic heterocycles. The molecular formula is C18H27N5O2. The Labute approximate surface area is 148 Å². The highest BCUT2D eigenvalue weighted by Crippen LogP contribution is 2.21. The van der Waals surface area contributed by atoms with E-state index >= 15 is 0 Å². The molecule has 0 radical (unpaired) electrons. The van der Waals surface area contributed by atoms with Gasteiger partial charge >= 0.3 is 0 Å². The lowest BCUT2D eigenvalue weighted by atomic mass is 10.1. The van der Waals surface area contributed by atoms with Crippen molar-refractivity contribution in [2.45, 2.75) is 26.4 Å². The van der Waals surface area contributed by atoms with Crippen molar-refractivity contribution in [2.24, 2.45) is 0 Å². The maximum Gasteiger partial charge on any atom is 0.241 e. The summed E-state index contributed by atoms with van der Waals surface area (Å²) in [6.07, 6.45) is 3.50. The number of benzene rings is 1. The summed E-state index contributed by atoms with van der Waals surface area (Å²) >= 11 is 0. The molecule has 1 unspecified atom stereocenters. The number of carbonyl (C=O) groups is 1. The Bertz CT molecular complexity index is 668. The Balaban J connectivity index is 1.92. The third kappa shape index (κ3) is 5.49. The molecule has 0 aliphatic rings. The van der Waals surface area contributed by atoms with Crippen LogP contribution in [-0.2, 0) is 11.3 Å². The van der Waals surface area contributed by atoms with Crippen LogP contribution in [0.25, 0.3) is 0 Å². The fourth-order valence-corrected chi connectivity index (χ4v) is 2.46. The third-order valence-corrected chi connectivity index (χ3v) is 4.06. The lowest BCUT2D eigenvalue weighted by Gasteiger charge is -2.19. The second-order valence-electron chi connectivity index (χ2n) is 5.97. The van der Waals surface area contributed by atoms with Gasteiger partial charge in [0.2, 0.25) is 5.91 Å². The zero-order valence-electron chi connectivity index (χ0n) is 15.1. The molecular weight excluding hydrogens is 318 g/mol. The van der Waals surface area contributed by atoms with E-state index in [4.69, 9.17) is 5.11 Å². The van der Waals surface area contributed by atoms with E-state index in [1.165, 1.54) is 11.3 Å². The van der Waals surface area contributed by atoms with Crippen LogP contribution in [0.4, 0.5) is 11.4 Å². The Morgan fingerprint density at radius 2 is 2.08 bits per heavy atom. The molecule has 0 saturated heterocycles. The van der Waals surface area contributed by atoms with E-state index in [0.717, 1.165) is 12.2 Å². The molecule has 0 saturated carbocycles. The minimum absolute atomic E-state index is 0.0675. The van der Waals surface area contributed by atoms with Crippen molar-refractivity contribution in [3.05, 3.63) is 42.2 Å². The summed E-state index contributed by atoms with van der Waals surface area (Å²) < 4.78 is 1.57. The van der Waals surface area contributed by atoms with E-state index in [1.54, 1.807) is 17.1 Å². The van der Waals surface area contributed by atoms with Gasteiger partial charge in [-0.3, -0.25) is 9.48 Å². The number of amides is 1. The predicted molar refractivity (Wildman–Crippen MR) is 99.7 cm³/mol. The van der Waals surface area contributed by atoms with E-state index < -0.39 is 0 Å². The molecule has 2 rings (SSSR count). The second-order valence-corrected chi connectivity index (χ2v) is 5.97. The molecule has 0 bridgehead atoms. The van der Waals surface area contributed by atoms with E-state index in [-0.39, 0.29) is 31.6 Å². The molecule has 136 valence electrons. The molecule has 1 atom stereocenters. The minimum atomic E-state index is -0.174. The van der Waals surface area contributed by atoms with Gasteiger partial charge in [0.05, 0.1) is 18.5 Å². The maximum atomic E-state index is 11.6. The molecule has 1 amide bonds. The van der Waals surface area contributed by atoms with Gasteiger partial charge in [-0.1, -0.05) is 12.1 Å². The molecule has 1 aromatic carbocycles. The lowest BCUT2D eigenvalue weighted by Crippen LogP contribution is -2.30. The van der Waals surface area contributed by atoms with E-state index in [0.29, 0.717) is 0 Å². The Morgan fingerprint density at radius 1 is 1.36 bits per heavy atom. The molecule has 1 heterocycles. The van der Waals surface area contributed by atoms with Crippen molar-refractivity contribution in [1.29, 1.82) is 0 Å². The van der Waals surface area contributed by atoms with Gasteiger partial charge in [0.15, 0.2) is 0 Å². The summed E-state index contributed by atoms with van der Waals surface area (Å²) in [6, 6.07) is 8.59. The fraction of sp³-hybridized carbons (Fsp3) is 0.444. The lowest BCUT2D eigenvalue weighted by molar-refractivity contribution is -0.122. The zero-order valence-corrected chi connectivity index (χ0v) is 15.1. The summed E-state index contributed by atoms with van der Waals surface area (Å²) in [7, 11) is 2.07. The van der Waals surface area contributed by atoms with Gasteiger partial charge < -0.3 is 20.6 Å². The first-order valence-corrected chi connectivity index (χ1v) is 8.51. The number of nitrogens with one attached hydrogen (secondary N) is 2. The molecule has 0 spiro atoms. The number of aliphatic hydroxyl groups is 1. The number of rotatable bonds is 9. The Kier molecular flexibility index (Phi) is 6.82. The monoisotopic (exact) mass is 345 g/mol. The standard InChI is InChI=1S/C18H27N5O2/c1-4-22(3)17-7-5-15(6-8-17)14(2)21-16-11-20-23(12-16)13-18(25)19-9-10-24/h5-8,11-12,14,21,24H,4,9-10,13H2,1-3H3,(H,19,25).